The molecule has 1 heterocycles. The molecule has 4 N–H and O–H groups in total. The number of rotatable bonds is 6. The number of hydrogen-bond donors (Lipinski definition) is 3. The lowest BCUT2D eigenvalue weighted by molar-refractivity contribution is -0.123. The van der Waals surface area contributed by atoms with Gasteiger partial charge in [0.15, 0.2) is 0 Å². The quantitative estimate of drug-likeness (QED) is 0.721. The van der Waals surface area contributed by atoms with Crippen molar-refractivity contribution >= 4 is 23.3 Å². The number of hydrogen-bond acceptors (Lipinski definition) is 3. The second kappa shape index (κ2) is 7.86. The Hall–Kier alpha value is -2.41. The van der Waals surface area contributed by atoms with Crippen molar-refractivity contribution in [1.29, 1.82) is 0 Å². The zero-order valence-corrected chi connectivity index (χ0v) is 15.2. The normalized spacial score (nSPS) is 16.8. The third-order valence-corrected chi connectivity index (χ3v) is 5.81. The summed E-state index contributed by atoms with van der Waals surface area (Å²) in [7, 11) is 0. The fourth-order valence-electron chi connectivity index (χ4n) is 3.62. The van der Waals surface area contributed by atoms with Gasteiger partial charge in [-0.05, 0) is 42.0 Å². The van der Waals surface area contributed by atoms with Crippen molar-refractivity contribution in [3.63, 3.8) is 0 Å². The number of carbonyl (C=O) groups excluding carboxylic acids is 2. The van der Waals surface area contributed by atoms with E-state index in [4.69, 9.17) is 5.73 Å². The summed E-state index contributed by atoms with van der Waals surface area (Å²) < 4.78 is 13.3. The van der Waals surface area contributed by atoms with E-state index < -0.39 is 17.6 Å². The zero-order valence-electron chi connectivity index (χ0n) is 14.3. The zero-order chi connectivity index (χ0) is 18.6. The van der Waals surface area contributed by atoms with Crippen molar-refractivity contribution in [3.05, 3.63) is 58.0 Å². The largest absolute Gasteiger partial charge is 0.352 e. The second-order valence-electron chi connectivity index (χ2n) is 6.63. The van der Waals surface area contributed by atoms with Crippen LogP contribution in [0.1, 0.15) is 48.6 Å². The summed E-state index contributed by atoms with van der Waals surface area (Å²) in [5.74, 6) is -0.458. The van der Waals surface area contributed by atoms with Crippen molar-refractivity contribution in [1.82, 2.24) is 10.6 Å². The Morgan fingerprint density at radius 2 is 1.88 bits per heavy atom. The molecule has 0 bridgehead atoms. The second-order valence-corrected chi connectivity index (χ2v) is 7.60. The molecule has 1 aliphatic rings. The molecule has 7 heteroatoms. The van der Waals surface area contributed by atoms with Gasteiger partial charge in [0.1, 0.15) is 5.82 Å². The molecule has 0 aliphatic heterocycles. The van der Waals surface area contributed by atoms with Gasteiger partial charge >= 0.3 is 6.03 Å². The Morgan fingerprint density at radius 1 is 1.19 bits per heavy atom. The molecule has 2 aromatic rings. The van der Waals surface area contributed by atoms with Gasteiger partial charge in [-0.25, -0.2) is 9.18 Å². The lowest BCUT2D eigenvalue weighted by atomic mass is 9.87. The Bertz CT molecular complexity index is 756. The van der Waals surface area contributed by atoms with Crippen molar-refractivity contribution in [2.45, 2.75) is 43.7 Å². The molecule has 1 saturated carbocycles. The van der Waals surface area contributed by atoms with Crippen LogP contribution in [-0.4, -0.2) is 11.9 Å². The maximum atomic E-state index is 13.3. The number of amides is 3. The highest BCUT2D eigenvalue weighted by molar-refractivity contribution is 7.10. The topological polar surface area (TPSA) is 84.2 Å². The van der Waals surface area contributed by atoms with Gasteiger partial charge in [-0.15, -0.1) is 11.3 Å². The molecule has 5 nitrogen and oxygen atoms in total. The highest BCUT2D eigenvalue weighted by Crippen LogP contribution is 2.39. The van der Waals surface area contributed by atoms with Crippen LogP contribution in [0.25, 0.3) is 0 Å². The molecule has 26 heavy (non-hydrogen) atoms. The van der Waals surface area contributed by atoms with Crippen molar-refractivity contribution < 1.29 is 14.0 Å². The van der Waals surface area contributed by atoms with Crippen molar-refractivity contribution in [2.75, 3.05) is 0 Å². The lowest BCUT2D eigenvalue weighted by Gasteiger charge is -2.32. The maximum absolute atomic E-state index is 13.3. The molecular formula is C19H22FN3O2S. The first-order valence-electron chi connectivity index (χ1n) is 8.65. The fraction of sp³-hybridized carbons (Fsp3) is 0.368. The van der Waals surface area contributed by atoms with Crippen LogP contribution in [0.4, 0.5) is 9.18 Å². The van der Waals surface area contributed by atoms with Crippen LogP contribution in [0, 0.1) is 5.82 Å². The number of urea groups is 1. The van der Waals surface area contributed by atoms with E-state index in [0.717, 1.165) is 36.1 Å². The SMILES string of the molecule is NC(=O)NC(CC(=O)NC1(c2ccc(F)cc2)CCCC1)c1cccs1. The van der Waals surface area contributed by atoms with E-state index in [0.29, 0.717) is 0 Å². The number of thiophene rings is 1. The Labute approximate surface area is 155 Å². The van der Waals surface area contributed by atoms with Gasteiger partial charge in [0.25, 0.3) is 0 Å². The summed E-state index contributed by atoms with van der Waals surface area (Å²) in [5.41, 5.74) is 5.70. The highest BCUT2D eigenvalue weighted by atomic mass is 32.1. The average Bonchev–Trinajstić information content (AvgIpc) is 3.26. The summed E-state index contributed by atoms with van der Waals surface area (Å²) in [4.78, 5) is 24.9. The predicted molar refractivity (Wildman–Crippen MR) is 99.1 cm³/mol. The van der Waals surface area contributed by atoms with Crippen LogP contribution >= 0.6 is 11.3 Å². The smallest absolute Gasteiger partial charge is 0.312 e. The minimum absolute atomic E-state index is 0.104. The standard InChI is InChI=1S/C19H22FN3O2S/c20-14-7-5-13(6-8-14)19(9-1-2-10-19)23-17(24)12-15(22-18(21)25)16-4-3-11-26-16/h3-8,11,15H,1-2,9-10,12H2,(H,23,24)(H3,21,22,25). The summed E-state index contributed by atoms with van der Waals surface area (Å²) >= 11 is 1.46. The summed E-state index contributed by atoms with van der Waals surface area (Å²) in [6, 6.07) is 8.92. The van der Waals surface area contributed by atoms with Gasteiger partial charge in [0.05, 0.1) is 18.0 Å². The van der Waals surface area contributed by atoms with Crippen LogP contribution in [-0.2, 0) is 10.3 Å². The van der Waals surface area contributed by atoms with Gasteiger partial charge in [-0.3, -0.25) is 4.79 Å². The first-order valence-corrected chi connectivity index (χ1v) is 9.53. The van der Waals surface area contributed by atoms with Crippen LogP contribution in [0.5, 0.6) is 0 Å². The van der Waals surface area contributed by atoms with Gasteiger partial charge in [0, 0.05) is 4.88 Å². The molecule has 0 saturated heterocycles. The average molecular weight is 375 g/mol. The van der Waals surface area contributed by atoms with Gasteiger partial charge in [-0.2, -0.15) is 0 Å². The number of primary amides is 1. The molecule has 1 fully saturated rings. The molecule has 1 atom stereocenters. The minimum atomic E-state index is -0.662. The summed E-state index contributed by atoms with van der Waals surface area (Å²) in [5, 5.41) is 7.67. The van der Waals surface area contributed by atoms with Crippen LogP contribution in [0.15, 0.2) is 41.8 Å². The summed E-state index contributed by atoms with van der Waals surface area (Å²) in [6.07, 6.45) is 3.75. The molecule has 1 aliphatic carbocycles. The van der Waals surface area contributed by atoms with Crippen LogP contribution in [0.3, 0.4) is 0 Å². The van der Waals surface area contributed by atoms with Gasteiger partial charge < -0.3 is 16.4 Å². The Balaban J connectivity index is 1.75. The molecule has 3 rings (SSSR count). The highest BCUT2D eigenvalue weighted by Gasteiger charge is 2.37. The van der Waals surface area contributed by atoms with Crippen LogP contribution < -0.4 is 16.4 Å². The van der Waals surface area contributed by atoms with Gasteiger partial charge in [0.2, 0.25) is 5.91 Å². The number of nitrogens with one attached hydrogen (secondary N) is 2. The van der Waals surface area contributed by atoms with E-state index in [1.165, 1.54) is 23.5 Å². The third-order valence-electron chi connectivity index (χ3n) is 4.83. The number of nitrogens with two attached hydrogens (primary N) is 1. The molecule has 3 amide bonds. The Kier molecular flexibility index (Phi) is 5.56. The number of benzene rings is 1. The van der Waals surface area contributed by atoms with E-state index >= 15 is 0 Å². The molecule has 138 valence electrons. The lowest BCUT2D eigenvalue weighted by Crippen LogP contribution is -2.45. The van der Waals surface area contributed by atoms with Crippen molar-refractivity contribution in [3.8, 4) is 0 Å². The minimum Gasteiger partial charge on any atom is -0.352 e. The fourth-order valence-corrected chi connectivity index (χ4v) is 4.40. The molecule has 1 aromatic carbocycles. The molecule has 0 radical (unpaired) electrons. The van der Waals surface area contributed by atoms with Crippen molar-refractivity contribution in [2.24, 2.45) is 5.73 Å². The van der Waals surface area contributed by atoms with Gasteiger partial charge in [-0.1, -0.05) is 31.0 Å². The van der Waals surface area contributed by atoms with E-state index in [1.807, 2.05) is 17.5 Å². The van der Waals surface area contributed by atoms with E-state index in [2.05, 4.69) is 10.6 Å². The predicted octanol–water partition coefficient (Wildman–Crippen LogP) is 3.57. The molecule has 0 spiro atoms. The van der Waals surface area contributed by atoms with E-state index in [1.54, 1.807) is 12.1 Å². The van der Waals surface area contributed by atoms with Crippen LogP contribution in [0.2, 0.25) is 0 Å². The molecule has 1 aromatic heterocycles. The number of carbonyl (C=O) groups is 2. The Morgan fingerprint density at radius 3 is 2.46 bits per heavy atom. The summed E-state index contributed by atoms with van der Waals surface area (Å²) in [6.45, 7) is 0. The maximum Gasteiger partial charge on any atom is 0.312 e. The first kappa shape index (κ1) is 18.4. The third kappa shape index (κ3) is 4.22. The number of halogens is 1. The van der Waals surface area contributed by atoms with E-state index in [9.17, 15) is 14.0 Å². The monoisotopic (exact) mass is 375 g/mol. The molecular weight excluding hydrogens is 353 g/mol. The first-order chi connectivity index (χ1) is 12.5. The molecule has 1 unspecified atom stereocenters. The van der Waals surface area contributed by atoms with E-state index in [-0.39, 0.29) is 18.1 Å².